The maximum absolute atomic E-state index is 13.0. The highest BCUT2D eigenvalue weighted by atomic mass is 35.5. The van der Waals surface area contributed by atoms with E-state index in [1.54, 1.807) is 36.4 Å². The number of halogens is 1. The Morgan fingerprint density at radius 2 is 1.85 bits per heavy atom. The molecule has 130 valence electrons. The van der Waals surface area contributed by atoms with Crippen molar-refractivity contribution >= 4 is 28.9 Å². The lowest BCUT2D eigenvalue weighted by atomic mass is 10.2. The van der Waals surface area contributed by atoms with Gasteiger partial charge in [-0.05, 0) is 48.5 Å². The second-order valence-electron chi connectivity index (χ2n) is 5.84. The first kappa shape index (κ1) is 16.4. The maximum atomic E-state index is 13.0. The van der Waals surface area contributed by atoms with Crippen molar-refractivity contribution in [2.24, 2.45) is 0 Å². The third-order valence-electron chi connectivity index (χ3n) is 4.32. The number of carbonyl (C=O) groups is 1. The van der Waals surface area contributed by atoms with Gasteiger partial charge in [0, 0.05) is 11.9 Å². The zero-order valence-corrected chi connectivity index (χ0v) is 14.8. The van der Waals surface area contributed by atoms with E-state index in [9.17, 15) is 4.79 Å². The van der Waals surface area contributed by atoms with E-state index >= 15 is 0 Å². The van der Waals surface area contributed by atoms with E-state index in [-0.39, 0.29) is 5.91 Å². The van der Waals surface area contributed by atoms with Gasteiger partial charge in [-0.3, -0.25) is 14.7 Å². The normalized spacial score (nSPS) is 15.7. The van der Waals surface area contributed by atoms with Crippen LogP contribution in [0.15, 0.2) is 66.9 Å². The van der Waals surface area contributed by atoms with Crippen LogP contribution in [0.5, 0.6) is 5.75 Å². The number of benzene rings is 2. The summed E-state index contributed by atoms with van der Waals surface area (Å²) in [6.07, 6.45) is 1.23. The van der Waals surface area contributed by atoms with E-state index in [0.29, 0.717) is 16.3 Å². The molecule has 5 nitrogen and oxygen atoms in total. The van der Waals surface area contributed by atoms with E-state index in [1.807, 2.05) is 42.5 Å². The second-order valence-corrected chi connectivity index (χ2v) is 6.24. The lowest BCUT2D eigenvalue weighted by molar-refractivity contribution is 0.0993. The van der Waals surface area contributed by atoms with Crippen molar-refractivity contribution in [1.29, 1.82) is 0 Å². The monoisotopic (exact) mass is 365 g/mol. The molecule has 2 heterocycles. The molecule has 0 spiro atoms. The Morgan fingerprint density at radius 1 is 1.08 bits per heavy atom. The molecule has 0 aliphatic carbocycles. The molecule has 1 aliphatic rings. The molecule has 0 unspecified atom stereocenters. The summed E-state index contributed by atoms with van der Waals surface area (Å²) in [5.41, 5.74) is 2.74. The number of nitrogens with zero attached hydrogens (tertiary/aromatic N) is 2. The van der Waals surface area contributed by atoms with Gasteiger partial charge in [0.05, 0.1) is 29.1 Å². The number of nitrogens with one attached hydrogen (secondary N) is 1. The predicted octanol–water partition coefficient (Wildman–Crippen LogP) is 4.51. The van der Waals surface area contributed by atoms with E-state index in [0.717, 1.165) is 17.1 Å². The van der Waals surface area contributed by atoms with E-state index in [2.05, 4.69) is 10.3 Å². The number of anilines is 2. The highest BCUT2D eigenvalue weighted by molar-refractivity contribution is 6.33. The zero-order valence-electron chi connectivity index (χ0n) is 14.0. The van der Waals surface area contributed by atoms with Crippen molar-refractivity contribution in [3.63, 3.8) is 0 Å². The molecule has 1 amide bonds. The van der Waals surface area contributed by atoms with E-state index in [1.165, 1.54) is 0 Å². The van der Waals surface area contributed by atoms with Crippen LogP contribution in [0.4, 0.5) is 11.4 Å². The number of hydrogen-bond acceptors (Lipinski definition) is 4. The standard InChI is InChI=1S/C20H16ClN3O2/c1-26-14-10-8-13(9-11-14)24-19(23-17-7-3-2-6-16(17)21)18-15(20(24)25)5-4-12-22-18/h2-12,19,23H,1H3/t19-/m1/s1. The molecule has 0 saturated heterocycles. The molecule has 0 saturated carbocycles. The van der Waals surface area contributed by atoms with Gasteiger partial charge in [0.1, 0.15) is 5.75 Å². The molecule has 3 aromatic rings. The lowest BCUT2D eigenvalue weighted by Gasteiger charge is -2.27. The first-order valence-electron chi connectivity index (χ1n) is 8.12. The Bertz CT molecular complexity index is 959. The molecule has 0 fully saturated rings. The first-order chi connectivity index (χ1) is 12.7. The number of ether oxygens (including phenoxy) is 1. The summed E-state index contributed by atoms with van der Waals surface area (Å²) in [5.74, 6) is 0.620. The SMILES string of the molecule is COc1ccc(N2C(=O)c3cccnc3[C@@H]2Nc2ccccc2Cl)cc1. The Morgan fingerprint density at radius 3 is 2.58 bits per heavy atom. The third-order valence-corrected chi connectivity index (χ3v) is 4.65. The number of methoxy groups -OCH3 is 1. The van der Waals surface area contributed by atoms with Gasteiger partial charge in [-0.25, -0.2) is 0 Å². The number of carbonyl (C=O) groups excluding carboxylic acids is 1. The predicted molar refractivity (Wildman–Crippen MR) is 102 cm³/mol. The van der Waals surface area contributed by atoms with Gasteiger partial charge in [-0.15, -0.1) is 0 Å². The Labute approximate surface area is 156 Å². The minimum Gasteiger partial charge on any atom is -0.497 e. The minimum absolute atomic E-state index is 0.108. The largest absolute Gasteiger partial charge is 0.497 e. The fourth-order valence-electron chi connectivity index (χ4n) is 3.05. The number of aromatic nitrogens is 1. The minimum atomic E-state index is -0.452. The molecule has 4 rings (SSSR count). The molecule has 1 atom stereocenters. The molecular weight excluding hydrogens is 350 g/mol. The summed E-state index contributed by atoms with van der Waals surface area (Å²) in [7, 11) is 1.61. The number of fused-ring (bicyclic) bond motifs is 1. The van der Waals surface area contributed by atoms with Crippen molar-refractivity contribution in [1.82, 2.24) is 4.98 Å². The van der Waals surface area contributed by atoms with Gasteiger partial charge in [0.25, 0.3) is 5.91 Å². The highest BCUT2D eigenvalue weighted by Crippen LogP contribution is 2.38. The van der Waals surface area contributed by atoms with Crippen molar-refractivity contribution in [3.05, 3.63) is 83.1 Å². The van der Waals surface area contributed by atoms with Gasteiger partial charge >= 0.3 is 0 Å². The number of hydrogen-bond donors (Lipinski definition) is 1. The first-order valence-corrected chi connectivity index (χ1v) is 8.50. The van der Waals surface area contributed by atoms with Crippen molar-refractivity contribution in [2.45, 2.75) is 6.17 Å². The number of para-hydroxylation sites is 1. The Balaban J connectivity index is 1.78. The van der Waals surface area contributed by atoms with Gasteiger partial charge in [0.15, 0.2) is 6.17 Å². The highest BCUT2D eigenvalue weighted by Gasteiger charge is 2.39. The van der Waals surface area contributed by atoms with Crippen LogP contribution in [0.1, 0.15) is 22.2 Å². The Hall–Kier alpha value is -3.05. The Kier molecular flexibility index (Phi) is 4.22. The van der Waals surface area contributed by atoms with Crippen LogP contribution in [-0.2, 0) is 0 Å². The van der Waals surface area contributed by atoms with Crippen LogP contribution >= 0.6 is 11.6 Å². The third kappa shape index (κ3) is 2.76. The maximum Gasteiger partial charge on any atom is 0.262 e. The van der Waals surface area contributed by atoms with Crippen LogP contribution in [0.2, 0.25) is 5.02 Å². The van der Waals surface area contributed by atoms with Crippen LogP contribution in [0, 0.1) is 0 Å². The van der Waals surface area contributed by atoms with Crippen LogP contribution in [0.3, 0.4) is 0 Å². The molecule has 6 heteroatoms. The molecule has 2 aromatic carbocycles. The van der Waals surface area contributed by atoms with Gasteiger partial charge in [0.2, 0.25) is 0 Å². The summed E-state index contributed by atoms with van der Waals surface area (Å²) in [6.45, 7) is 0. The molecular formula is C20H16ClN3O2. The van der Waals surface area contributed by atoms with Crippen molar-refractivity contribution in [3.8, 4) is 5.75 Å². The van der Waals surface area contributed by atoms with Gasteiger partial charge in [-0.1, -0.05) is 23.7 Å². The number of amides is 1. The molecule has 26 heavy (non-hydrogen) atoms. The fraction of sp³-hybridized carbons (Fsp3) is 0.100. The summed E-state index contributed by atoms with van der Waals surface area (Å²) in [4.78, 5) is 19.1. The average Bonchev–Trinajstić information content (AvgIpc) is 2.96. The van der Waals surface area contributed by atoms with Crippen molar-refractivity contribution in [2.75, 3.05) is 17.3 Å². The fourth-order valence-corrected chi connectivity index (χ4v) is 3.24. The number of rotatable bonds is 4. The van der Waals surface area contributed by atoms with Crippen molar-refractivity contribution < 1.29 is 9.53 Å². The number of pyridine rings is 1. The van der Waals surface area contributed by atoms with E-state index in [4.69, 9.17) is 16.3 Å². The molecule has 1 N–H and O–H groups in total. The molecule has 0 bridgehead atoms. The van der Waals surface area contributed by atoms with Gasteiger partial charge < -0.3 is 10.1 Å². The van der Waals surface area contributed by atoms with Gasteiger partial charge in [-0.2, -0.15) is 0 Å². The van der Waals surface area contributed by atoms with Crippen LogP contribution in [0.25, 0.3) is 0 Å². The summed E-state index contributed by atoms with van der Waals surface area (Å²) in [5, 5.41) is 3.93. The molecule has 0 radical (unpaired) electrons. The summed E-state index contributed by atoms with van der Waals surface area (Å²) >= 11 is 6.30. The molecule has 1 aromatic heterocycles. The van der Waals surface area contributed by atoms with Crippen LogP contribution < -0.4 is 15.0 Å². The zero-order chi connectivity index (χ0) is 18.1. The smallest absolute Gasteiger partial charge is 0.262 e. The quantitative estimate of drug-likeness (QED) is 0.738. The second kappa shape index (κ2) is 6.69. The summed E-state index contributed by atoms with van der Waals surface area (Å²) in [6, 6.07) is 18.3. The lowest BCUT2D eigenvalue weighted by Crippen LogP contribution is -2.32. The topological polar surface area (TPSA) is 54.5 Å². The summed E-state index contributed by atoms with van der Waals surface area (Å²) < 4.78 is 5.21. The average molecular weight is 366 g/mol. The van der Waals surface area contributed by atoms with Crippen LogP contribution in [-0.4, -0.2) is 18.0 Å². The molecule has 1 aliphatic heterocycles. The van der Waals surface area contributed by atoms with E-state index < -0.39 is 6.17 Å².